The number of ether oxygens (including phenoxy) is 1. The quantitative estimate of drug-likeness (QED) is 0.748. The molecule has 0 atom stereocenters. The van der Waals surface area contributed by atoms with E-state index in [9.17, 15) is 4.79 Å². The number of hydrogen-bond acceptors (Lipinski definition) is 2. The molecule has 1 amide bonds. The van der Waals surface area contributed by atoms with Crippen molar-refractivity contribution in [2.24, 2.45) is 0 Å². The van der Waals surface area contributed by atoms with Gasteiger partial charge >= 0.3 is 0 Å². The Kier molecular flexibility index (Phi) is 4.06. The summed E-state index contributed by atoms with van der Waals surface area (Å²) < 4.78 is 5.35. The number of nitrogens with one attached hydrogen (secondary N) is 2. The maximum absolute atomic E-state index is 13.0. The second kappa shape index (κ2) is 6.04. The number of aryl methyl sites for hydroxylation is 1. The number of hydrogen-bond donors (Lipinski definition) is 2. The van der Waals surface area contributed by atoms with Crippen LogP contribution in [0, 0.1) is 6.92 Å². The Balaban J connectivity index is 1.95. The summed E-state index contributed by atoms with van der Waals surface area (Å²) in [5.41, 5.74) is 3.07. The maximum atomic E-state index is 13.0. The van der Waals surface area contributed by atoms with E-state index in [1.165, 1.54) is 0 Å². The molecule has 0 fully saturated rings. The van der Waals surface area contributed by atoms with Crippen molar-refractivity contribution in [3.8, 4) is 5.75 Å². The van der Waals surface area contributed by atoms with E-state index in [-0.39, 0.29) is 5.91 Å². The zero-order valence-electron chi connectivity index (χ0n) is 14.4. The van der Waals surface area contributed by atoms with Gasteiger partial charge in [-0.3, -0.25) is 4.79 Å². The van der Waals surface area contributed by atoms with Crippen molar-refractivity contribution in [2.45, 2.75) is 26.2 Å². The van der Waals surface area contributed by atoms with Crippen molar-refractivity contribution in [3.63, 3.8) is 0 Å². The van der Waals surface area contributed by atoms with E-state index in [0.29, 0.717) is 11.4 Å². The van der Waals surface area contributed by atoms with Crippen molar-refractivity contribution in [2.75, 3.05) is 12.4 Å². The monoisotopic (exact) mass is 322 g/mol. The van der Waals surface area contributed by atoms with Gasteiger partial charge in [-0.05, 0) is 50.1 Å². The van der Waals surface area contributed by atoms with Crippen LogP contribution in [0.2, 0.25) is 0 Å². The van der Waals surface area contributed by atoms with E-state index in [1.807, 2.05) is 69.4 Å². The lowest BCUT2D eigenvalue weighted by atomic mass is 9.83. The molecule has 2 aromatic carbocycles. The number of benzene rings is 2. The Hall–Kier alpha value is -2.75. The van der Waals surface area contributed by atoms with Crippen molar-refractivity contribution >= 4 is 22.5 Å². The first kappa shape index (κ1) is 16.1. The fraction of sp³-hybridized carbons (Fsp3) is 0.250. The molecule has 0 spiro atoms. The Morgan fingerprint density at radius 3 is 2.67 bits per heavy atom. The third-order valence-corrected chi connectivity index (χ3v) is 4.43. The largest absolute Gasteiger partial charge is 0.495 e. The minimum absolute atomic E-state index is 0.0730. The summed E-state index contributed by atoms with van der Waals surface area (Å²) in [4.78, 5) is 16.2. The predicted molar refractivity (Wildman–Crippen MR) is 97.7 cm³/mol. The molecule has 0 aliphatic rings. The van der Waals surface area contributed by atoms with Crippen LogP contribution >= 0.6 is 0 Å². The second-order valence-corrected chi connectivity index (χ2v) is 6.53. The van der Waals surface area contributed by atoms with Gasteiger partial charge in [0.2, 0.25) is 5.91 Å². The van der Waals surface area contributed by atoms with Crippen LogP contribution in [-0.2, 0) is 10.2 Å². The highest BCUT2D eigenvalue weighted by molar-refractivity contribution is 6.02. The molecule has 0 saturated carbocycles. The van der Waals surface area contributed by atoms with Crippen LogP contribution in [0.15, 0.2) is 48.7 Å². The molecule has 0 radical (unpaired) electrons. The lowest BCUT2D eigenvalue weighted by Crippen LogP contribution is -2.34. The number of methoxy groups -OCH3 is 1. The molecule has 1 heterocycles. The number of carbonyl (C=O) groups excluding carboxylic acids is 1. The Morgan fingerprint density at radius 2 is 1.92 bits per heavy atom. The zero-order chi connectivity index (χ0) is 17.3. The number of fused-ring (bicyclic) bond motifs is 1. The number of aromatic nitrogens is 1. The van der Waals surface area contributed by atoms with Gasteiger partial charge in [-0.25, -0.2) is 0 Å². The first-order chi connectivity index (χ1) is 11.4. The lowest BCUT2D eigenvalue weighted by Gasteiger charge is -2.24. The molecule has 4 nitrogen and oxygen atoms in total. The number of H-pyrrole nitrogens is 1. The molecular weight excluding hydrogens is 300 g/mol. The molecule has 0 aliphatic carbocycles. The molecule has 2 N–H and O–H groups in total. The van der Waals surface area contributed by atoms with Gasteiger partial charge in [0.15, 0.2) is 0 Å². The molecule has 0 bridgehead atoms. The minimum atomic E-state index is -0.686. The van der Waals surface area contributed by atoms with E-state index in [2.05, 4.69) is 10.3 Å². The predicted octanol–water partition coefficient (Wildman–Crippen LogP) is 4.40. The Morgan fingerprint density at radius 1 is 1.17 bits per heavy atom. The van der Waals surface area contributed by atoms with Crippen molar-refractivity contribution < 1.29 is 9.53 Å². The van der Waals surface area contributed by atoms with Gasteiger partial charge in [0.25, 0.3) is 0 Å². The first-order valence-electron chi connectivity index (χ1n) is 7.96. The number of amides is 1. The fourth-order valence-corrected chi connectivity index (χ4v) is 2.91. The van der Waals surface area contributed by atoms with Gasteiger partial charge in [-0.15, -0.1) is 0 Å². The summed E-state index contributed by atoms with van der Waals surface area (Å²) in [6.45, 7) is 5.85. The molecule has 3 rings (SSSR count). The Bertz CT molecular complexity index is 894. The summed E-state index contributed by atoms with van der Waals surface area (Å²) in [5, 5.41) is 4.08. The summed E-state index contributed by atoms with van der Waals surface area (Å²) in [6.07, 6.45) is 1.91. The van der Waals surface area contributed by atoms with Crippen molar-refractivity contribution in [1.29, 1.82) is 0 Å². The fourth-order valence-electron chi connectivity index (χ4n) is 2.91. The molecule has 3 aromatic rings. The van der Waals surface area contributed by atoms with E-state index in [1.54, 1.807) is 7.11 Å². The second-order valence-electron chi connectivity index (χ2n) is 6.53. The molecule has 124 valence electrons. The molecule has 24 heavy (non-hydrogen) atoms. The molecule has 0 aliphatic heterocycles. The molecule has 0 saturated heterocycles. The average Bonchev–Trinajstić information content (AvgIpc) is 2.99. The van der Waals surface area contributed by atoms with Crippen LogP contribution in [0.4, 0.5) is 5.69 Å². The van der Waals surface area contributed by atoms with Crippen molar-refractivity contribution in [3.05, 3.63) is 59.8 Å². The number of para-hydroxylation sites is 1. The zero-order valence-corrected chi connectivity index (χ0v) is 14.4. The van der Waals surface area contributed by atoms with Gasteiger partial charge in [-0.1, -0.05) is 24.3 Å². The SMILES string of the molecule is COc1ccc(C)cc1NC(=O)C(C)(C)c1c[nH]c2ccccc12. The third-order valence-electron chi connectivity index (χ3n) is 4.43. The van der Waals surface area contributed by atoms with E-state index in [0.717, 1.165) is 22.0 Å². The van der Waals surface area contributed by atoms with Crippen LogP contribution in [-0.4, -0.2) is 18.0 Å². The first-order valence-corrected chi connectivity index (χ1v) is 7.96. The summed E-state index contributed by atoms with van der Waals surface area (Å²) in [6, 6.07) is 13.7. The van der Waals surface area contributed by atoms with Crippen molar-refractivity contribution in [1.82, 2.24) is 4.98 Å². The number of aromatic amines is 1. The van der Waals surface area contributed by atoms with Gasteiger partial charge in [0.1, 0.15) is 5.75 Å². The summed E-state index contributed by atoms with van der Waals surface area (Å²) >= 11 is 0. The van der Waals surface area contributed by atoms with Gasteiger partial charge < -0.3 is 15.0 Å². The number of anilines is 1. The smallest absolute Gasteiger partial charge is 0.234 e. The highest BCUT2D eigenvalue weighted by atomic mass is 16.5. The van der Waals surface area contributed by atoms with Crippen LogP contribution in [0.25, 0.3) is 10.9 Å². The molecule has 4 heteroatoms. The van der Waals surface area contributed by atoms with Crippen LogP contribution in [0.5, 0.6) is 5.75 Å². The number of carbonyl (C=O) groups is 1. The highest BCUT2D eigenvalue weighted by Crippen LogP contribution is 2.33. The normalized spacial score (nSPS) is 11.5. The standard InChI is InChI=1S/C20H22N2O2/c1-13-9-10-18(24-4)17(11-13)22-19(23)20(2,3)15-12-21-16-8-6-5-7-14(15)16/h5-12,21H,1-4H3,(H,22,23). The van der Waals surface area contributed by atoms with Crippen LogP contribution in [0.1, 0.15) is 25.0 Å². The third kappa shape index (κ3) is 2.75. The summed E-state index contributed by atoms with van der Waals surface area (Å²) in [5.74, 6) is 0.583. The topological polar surface area (TPSA) is 54.1 Å². The Labute approximate surface area is 141 Å². The maximum Gasteiger partial charge on any atom is 0.234 e. The minimum Gasteiger partial charge on any atom is -0.495 e. The van der Waals surface area contributed by atoms with Crippen LogP contribution < -0.4 is 10.1 Å². The molecule has 0 unspecified atom stereocenters. The number of rotatable bonds is 4. The van der Waals surface area contributed by atoms with Gasteiger partial charge in [-0.2, -0.15) is 0 Å². The molecule has 1 aromatic heterocycles. The van der Waals surface area contributed by atoms with E-state index in [4.69, 9.17) is 4.74 Å². The summed E-state index contributed by atoms with van der Waals surface area (Å²) in [7, 11) is 1.60. The average molecular weight is 322 g/mol. The molecular formula is C20H22N2O2. The highest BCUT2D eigenvalue weighted by Gasteiger charge is 2.32. The van der Waals surface area contributed by atoms with Crippen LogP contribution in [0.3, 0.4) is 0 Å². The van der Waals surface area contributed by atoms with E-state index >= 15 is 0 Å². The van der Waals surface area contributed by atoms with Gasteiger partial charge in [0, 0.05) is 17.1 Å². The lowest BCUT2D eigenvalue weighted by molar-refractivity contribution is -0.120. The van der Waals surface area contributed by atoms with E-state index < -0.39 is 5.41 Å². The van der Waals surface area contributed by atoms with Gasteiger partial charge in [0.05, 0.1) is 18.2 Å².